The number of esters is 1. The first-order chi connectivity index (χ1) is 19.9. The number of fused-ring (bicyclic) bond motifs is 5. The number of rotatable bonds is 5. The van der Waals surface area contributed by atoms with Gasteiger partial charge in [0.05, 0.1) is 6.10 Å². The first kappa shape index (κ1) is 28.2. The number of phenolic OH excluding ortho intramolecular Hbond substituents is 1. The summed E-state index contributed by atoms with van der Waals surface area (Å²) in [6.45, 7) is 3.34. The molecule has 0 amide bonds. The number of aromatic hydroxyl groups is 1. The third-order valence-corrected chi connectivity index (χ3v) is 10.5. The van der Waals surface area contributed by atoms with Gasteiger partial charge in [-0.3, -0.25) is 4.79 Å². The minimum absolute atomic E-state index is 0.0712. The van der Waals surface area contributed by atoms with Gasteiger partial charge in [0.25, 0.3) is 0 Å². The largest absolute Gasteiger partial charge is 0.507 e. The second-order valence-corrected chi connectivity index (χ2v) is 12.4. The molecule has 9 heteroatoms. The molecular weight excluding hydrogens is 543 g/mol. The molecule has 8 nitrogen and oxygen atoms in total. The number of halogens is 1. The molecule has 4 aliphatic carbocycles. The predicted molar refractivity (Wildman–Crippen MR) is 149 cm³/mol. The van der Waals surface area contributed by atoms with Gasteiger partial charge in [0.15, 0.2) is 11.5 Å². The molecule has 42 heavy (non-hydrogen) atoms. The van der Waals surface area contributed by atoms with Crippen LogP contribution >= 0.6 is 0 Å². The number of carbonyl (C=O) groups is 3. The highest BCUT2D eigenvalue weighted by Gasteiger charge is 2.76. The van der Waals surface area contributed by atoms with Gasteiger partial charge < -0.3 is 24.8 Å². The highest BCUT2D eigenvalue weighted by molar-refractivity contribution is 6.01. The summed E-state index contributed by atoms with van der Waals surface area (Å²) in [5, 5.41) is 32.7. The van der Waals surface area contributed by atoms with Crippen molar-refractivity contribution < 1.29 is 43.6 Å². The summed E-state index contributed by atoms with van der Waals surface area (Å²) in [6, 6.07) is 12.9. The SMILES string of the molecule is C[C@]12C=CC(=O)C=C1CC[C@H]1[C@@H]3CC[C@@](OC(=O)c4ccc(Oc5ccccc5)cc4O)(C(=O)O)[C@@]3(C)C[C@H](O)C12F. The number of benzene rings is 2. The van der Waals surface area contributed by atoms with Crippen LogP contribution in [0.2, 0.25) is 0 Å². The minimum Gasteiger partial charge on any atom is -0.507 e. The molecule has 3 fully saturated rings. The van der Waals surface area contributed by atoms with Crippen LogP contribution in [0, 0.1) is 22.7 Å². The van der Waals surface area contributed by atoms with E-state index in [1.807, 2.05) is 6.07 Å². The lowest BCUT2D eigenvalue weighted by molar-refractivity contribution is -0.222. The van der Waals surface area contributed by atoms with Gasteiger partial charge >= 0.3 is 11.9 Å². The van der Waals surface area contributed by atoms with Crippen LogP contribution in [-0.4, -0.2) is 50.4 Å². The van der Waals surface area contributed by atoms with Gasteiger partial charge in [0, 0.05) is 22.8 Å². The average molecular weight is 577 g/mol. The molecule has 0 spiro atoms. The molecule has 0 aliphatic heterocycles. The maximum absolute atomic E-state index is 17.3. The molecule has 7 atom stereocenters. The van der Waals surface area contributed by atoms with Crippen LogP contribution in [0.25, 0.3) is 0 Å². The van der Waals surface area contributed by atoms with E-state index in [-0.39, 0.29) is 36.4 Å². The fourth-order valence-corrected chi connectivity index (χ4v) is 8.35. The van der Waals surface area contributed by atoms with E-state index >= 15 is 4.39 Å². The molecule has 1 unspecified atom stereocenters. The number of ether oxygens (including phenoxy) is 2. The number of hydrogen-bond donors (Lipinski definition) is 3. The number of carbonyl (C=O) groups excluding carboxylic acids is 2. The van der Waals surface area contributed by atoms with Crippen LogP contribution in [0.1, 0.15) is 56.3 Å². The third-order valence-electron chi connectivity index (χ3n) is 10.5. The lowest BCUT2D eigenvalue weighted by Gasteiger charge is -2.62. The normalized spacial score (nSPS) is 36.7. The smallest absolute Gasteiger partial charge is 0.348 e. The highest BCUT2D eigenvalue weighted by atomic mass is 19.1. The number of carboxylic acid groups (broad SMARTS) is 1. The lowest BCUT2D eigenvalue weighted by Crippen LogP contribution is -2.69. The Bertz CT molecular complexity index is 1530. The molecule has 6 rings (SSSR count). The average Bonchev–Trinajstić information content (AvgIpc) is 3.23. The number of hydrogen-bond acceptors (Lipinski definition) is 7. The monoisotopic (exact) mass is 576 g/mol. The molecular formula is C33H33FO8. The number of phenols is 1. The Kier molecular flexibility index (Phi) is 6.38. The van der Waals surface area contributed by atoms with Crippen LogP contribution in [0.5, 0.6) is 17.2 Å². The van der Waals surface area contributed by atoms with Gasteiger partial charge in [-0.1, -0.05) is 36.8 Å². The second kappa shape index (κ2) is 9.52. The molecule has 2 aromatic rings. The summed E-state index contributed by atoms with van der Waals surface area (Å²) in [5.74, 6) is -3.54. The zero-order valence-corrected chi connectivity index (χ0v) is 23.4. The van der Waals surface area contributed by atoms with E-state index in [9.17, 15) is 29.7 Å². The van der Waals surface area contributed by atoms with Crippen molar-refractivity contribution in [1.82, 2.24) is 0 Å². The molecule has 220 valence electrons. The molecule has 0 saturated heterocycles. The zero-order chi connectivity index (χ0) is 30.1. The standard InChI is InChI=1S/C33H33FO8/c1-30-14-12-20(35)16-19(30)8-11-25-24-13-15-32(29(39)40,31(24,2)18-27(37)33(25,30)34)42-28(38)23-10-9-22(17-26(23)36)41-21-6-4-3-5-7-21/h3-7,9-10,12,14,16-17,24-25,27,36-37H,8,11,13,15,18H2,1-2H3,(H,39,40)/t24-,25-,27-,30-,31-,32+,33?/m0/s1. The number of alkyl halides is 1. The van der Waals surface area contributed by atoms with Gasteiger partial charge in [-0.25, -0.2) is 14.0 Å². The Morgan fingerprint density at radius 2 is 1.76 bits per heavy atom. The number of aliphatic carboxylic acids is 1. The highest BCUT2D eigenvalue weighted by Crippen LogP contribution is 2.70. The molecule has 0 radical (unpaired) electrons. The Morgan fingerprint density at radius 1 is 1.02 bits per heavy atom. The summed E-state index contributed by atoms with van der Waals surface area (Å²) < 4.78 is 28.9. The Hall–Kier alpha value is -3.98. The quantitative estimate of drug-likeness (QED) is 0.396. The van der Waals surface area contributed by atoms with Crippen LogP contribution in [0.3, 0.4) is 0 Å². The van der Waals surface area contributed by atoms with Crippen LogP contribution in [0.4, 0.5) is 4.39 Å². The fraction of sp³-hybridized carbons (Fsp3) is 0.424. The van der Waals surface area contributed by atoms with Crippen molar-refractivity contribution in [3.8, 4) is 17.2 Å². The van der Waals surface area contributed by atoms with Crippen molar-refractivity contribution in [2.24, 2.45) is 22.7 Å². The van der Waals surface area contributed by atoms with Crippen molar-refractivity contribution >= 4 is 17.7 Å². The molecule has 3 N–H and O–H groups in total. The van der Waals surface area contributed by atoms with Gasteiger partial charge in [0.1, 0.15) is 22.8 Å². The zero-order valence-electron chi connectivity index (χ0n) is 23.4. The predicted octanol–water partition coefficient (Wildman–Crippen LogP) is 5.54. The van der Waals surface area contributed by atoms with Crippen molar-refractivity contribution in [2.45, 2.75) is 63.3 Å². The van der Waals surface area contributed by atoms with Crippen LogP contribution in [0.15, 0.2) is 72.3 Å². The topological polar surface area (TPSA) is 130 Å². The van der Waals surface area contributed by atoms with Gasteiger partial charge in [-0.05, 0) is 81.4 Å². The maximum atomic E-state index is 17.3. The van der Waals surface area contributed by atoms with E-state index < -0.39 is 57.7 Å². The maximum Gasteiger partial charge on any atom is 0.348 e. The summed E-state index contributed by atoms with van der Waals surface area (Å²) in [6.07, 6.45) is 3.43. The van der Waals surface area contributed by atoms with Gasteiger partial charge in [0.2, 0.25) is 5.60 Å². The molecule has 0 heterocycles. The minimum atomic E-state index is -2.14. The summed E-state index contributed by atoms with van der Waals surface area (Å²) in [4.78, 5) is 38.5. The van der Waals surface area contributed by atoms with Crippen molar-refractivity contribution in [3.63, 3.8) is 0 Å². The Labute approximate surface area is 242 Å². The lowest BCUT2D eigenvalue weighted by atomic mass is 9.45. The van der Waals surface area contributed by atoms with Crippen molar-refractivity contribution in [3.05, 3.63) is 77.9 Å². The first-order valence-corrected chi connectivity index (χ1v) is 14.2. The summed E-state index contributed by atoms with van der Waals surface area (Å²) in [5.41, 5.74) is -6.32. The summed E-state index contributed by atoms with van der Waals surface area (Å²) >= 11 is 0. The first-order valence-electron chi connectivity index (χ1n) is 14.2. The van der Waals surface area contributed by atoms with E-state index in [4.69, 9.17) is 9.47 Å². The fourth-order valence-electron chi connectivity index (χ4n) is 8.35. The van der Waals surface area contributed by atoms with E-state index in [0.717, 1.165) is 0 Å². The number of allylic oxidation sites excluding steroid dienone is 4. The van der Waals surface area contributed by atoms with Gasteiger partial charge in [-0.2, -0.15) is 0 Å². The van der Waals surface area contributed by atoms with Crippen LogP contribution < -0.4 is 4.74 Å². The molecule has 2 aromatic carbocycles. The number of aliphatic hydroxyl groups excluding tert-OH is 1. The van der Waals surface area contributed by atoms with Crippen molar-refractivity contribution in [1.29, 1.82) is 0 Å². The number of aliphatic hydroxyl groups is 1. The molecule has 0 aromatic heterocycles. The Morgan fingerprint density at radius 3 is 2.45 bits per heavy atom. The summed E-state index contributed by atoms with van der Waals surface area (Å²) in [7, 11) is 0. The molecule has 3 saturated carbocycles. The van der Waals surface area contributed by atoms with Crippen molar-refractivity contribution in [2.75, 3.05) is 0 Å². The molecule has 4 aliphatic rings. The number of ketones is 1. The number of para-hydroxylation sites is 1. The van der Waals surface area contributed by atoms with E-state index in [1.165, 1.54) is 36.4 Å². The third kappa shape index (κ3) is 3.79. The second-order valence-electron chi connectivity index (χ2n) is 12.4. The number of carboxylic acids is 1. The Balaban J connectivity index is 1.31. The van der Waals surface area contributed by atoms with E-state index in [2.05, 4.69) is 0 Å². The van der Waals surface area contributed by atoms with Gasteiger partial charge in [-0.15, -0.1) is 0 Å². The van der Waals surface area contributed by atoms with E-state index in [0.29, 0.717) is 24.2 Å². The van der Waals surface area contributed by atoms with Crippen LogP contribution in [-0.2, 0) is 14.3 Å². The van der Waals surface area contributed by atoms with E-state index in [1.54, 1.807) is 38.1 Å². The molecule has 0 bridgehead atoms.